The van der Waals surface area contributed by atoms with E-state index in [9.17, 15) is 14.0 Å². The van der Waals surface area contributed by atoms with Crippen LogP contribution in [0.1, 0.15) is 44.1 Å². The summed E-state index contributed by atoms with van der Waals surface area (Å²) in [6.45, 7) is 5.03. The molecule has 170 valence electrons. The lowest BCUT2D eigenvalue weighted by atomic mass is 10.1. The molecule has 31 heavy (non-hydrogen) atoms. The summed E-state index contributed by atoms with van der Waals surface area (Å²) in [6.07, 6.45) is 6.32. The topological polar surface area (TPSA) is 55.9 Å². The second-order valence-corrected chi connectivity index (χ2v) is 9.33. The average molecular weight is 451 g/mol. The summed E-state index contributed by atoms with van der Waals surface area (Å²) in [5.74, 6) is -0.476. The van der Waals surface area contributed by atoms with Crippen LogP contribution in [0.2, 0.25) is 5.02 Å². The monoisotopic (exact) mass is 450 g/mol. The molecule has 1 aromatic rings. The molecular weight excluding hydrogens is 419 g/mol. The molecular formula is C23H32ClFN4O2. The Morgan fingerprint density at radius 3 is 2.68 bits per heavy atom. The lowest BCUT2D eigenvalue weighted by molar-refractivity contribution is -0.139. The summed E-state index contributed by atoms with van der Waals surface area (Å²) in [5, 5.41) is 3.23. The Hall–Kier alpha value is -1.70. The number of nitrogens with one attached hydrogen (secondary N) is 1. The number of halogens is 2. The van der Waals surface area contributed by atoms with Crippen LogP contribution >= 0.6 is 11.6 Å². The zero-order chi connectivity index (χ0) is 21.8. The molecule has 1 aromatic carbocycles. The van der Waals surface area contributed by atoms with Crippen molar-refractivity contribution in [1.82, 2.24) is 20.0 Å². The van der Waals surface area contributed by atoms with Gasteiger partial charge in [-0.05, 0) is 37.0 Å². The van der Waals surface area contributed by atoms with Gasteiger partial charge < -0.3 is 10.2 Å². The van der Waals surface area contributed by atoms with Crippen molar-refractivity contribution in [3.63, 3.8) is 0 Å². The first-order chi connectivity index (χ1) is 15.0. The van der Waals surface area contributed by atoms with E-state index in [0.717, 1.165) is 38.2 Å². The first-order valence-corrected chi connectivity index (χ1v) is 11.9. The van der Waals surface area contributed by atoms with E-state index in [1.54, 1.807) is 6.07 Å². The lowest BCUT2D eigenvalue weighted by Gasteiger charge is -2.36. The average Bonchev–Trinajstić information content (AvgIpc) is 3.17. The zero-order valence-corrected chi connectivity index (χ0v) is 18.7. The van der Waals surface area contributed by atoms with Gasteiger partial charge in [-0.25, -0.2) is 4.39 Å². The summed E-state index contributed by atoms with van der Waals surface area (Å²) in [4.78, 5) is 32.2. The Morgan fingerprint density at radius 1 is 1.10 bits per heavy atom. The van der Waals surface area contributed by atoms with Gasteiger partial charge in [0.2, 0.25) is 11.8 Å². The van der Waals surface area contributed by atoms with Crippen molar-refractivity contribution in [3.05, 3.63) is 34.6 Å². The summed E-state index contributed by atoms with van der Waals surface area (Å²) in [7, 11) is 0. The second kappa shape index (κ2) is 10.3. The fraction of sp³-hybridized carbons (Fsp3) is 0.652. The van der Waals surface area contributed by atoms with Crippen LogP contribution in [0.5, 0.6) is 0 Å². The van der Waals surface area contributed by atoms with Crippen LogP contribution in [0.25, 0.3) is 0 Å². The molecule has 0 bridgehead atoms. The van der Waals surface area contributed by atoms with E-state index in [1.807, 2.05) is 9.80 Å². The van der Waals surface area contributed by atoms with Crippen LogP contribution in [0, 0.1) is 5.82 Å². The molecule has 3 aliphatic rings. The molecule has 1 saturated carbocycles. The normalized spacial score (nSPS) is 24.3. The van der Waals surface area contributed by atoms with E-state index in [2.05, 4.69) is 10.2 Å². The van der Waals surface area contributed by atoms with Crippen molar-refractivity contribution in [2.24, 2.45) is 0 Å². The van der Waals surface area contributed by atoms with E-state index in [4.69, 9.17) is 11.6 Å². The molecule has 0 unspecified atom stereocenters. The molecule has 2 amide bonds. The first kappa shape index (κ1) is 22.5. The standard InChI is InChI=1S/C23H32ClFN4O2/c24-20-14-18(25)7-6-17(20)16-29-11-8-26-23(31)21(29)15-22(30)28-10-3-9-27(12-13-28)19-4-1-2-5-19/h6-7,14,19,21H,1-5,8-13,15-16H2,(H,26,31)/t21-/m0/s1. The number of carbonyl (C=O) groups excluding carboxylic acids is 2. The highest BCUT2D eigenvalue weighted by Crippen LogP contribution is 2.25. The van der Waals surface area contributed by atoms with Gasteiger partial charge in [-0.1, -0.05) is 30.5 Å². The number of hydrogen-bond donors (Lipinski definition) is 1. The molecule has 4 rings (SSSR count). The van der Waals surface area contributed by atoms with Crippen molar-refractivity contribution in [2.45, 2.75) is 57.2 Å². The van der Waals surface area contributed by atoms with Crippen LogP contribution < -0.4 is 5.32 Å². The van der Waals surface area contributed by atoms with Gasteiger partial charge in [0.15, 0.2) is 0 Å². The largest absolute Gasteiger partial charge is 0.353 e. The van der Waals surface area contributed by atoms with E-state index < -0.39 is 6.04 Å². The molecule has 3 fully saturated rings. The van der Waals surface area contributed by atoms with Gasteiger partial charge in [-0.2, -0.15) is 0 Å². The van der Waals surface area contributed by atoms with Gasteiger partial charge in [-0.15, -0.1) is 0 Å². The third-order valence-corrected chi connectivity index (χ3v) is 7.27. The van der Waals surface area contributed by atoms with Crippen LogP contribution in [0.4, 0.5) is 4.39 Å². The summed E-state index contributed by atoms with van der Waals surface area (Å²) < 4.78 is 13.4. The molecule has 1 atom stereocenters. The van der Waals surface area contributed by atoms with E-state index in [0.29, 0.717) is 30.7 Å². The Bertz CT molecular complexity index is 802. The highest BCUT2D eigenvalue weighted by atomic mass is 35.5. The SMILES string of the molecule is O=C1NCCN(Cc2ccc(F)cc2Cl)[C@H]1CC(=O)N1CCCN(C2CCCC2)CC1. The molecule has 0 radical (unpaired) electrons. The van der Waals surface area contributed by atoms with Crippen LogP contribution in [0.15, 0.2) is 18.2 Å². The van der Waals surface area contributed by atoms with Crippen molar-refractivity contribution in [2.75, 3.05) is 39.3 Å². The summed E-state index contributed by atoms with van der Waals surface area (Å²) in [6, 6.07) is 4.45. The van der Waals surface area contributed by atoms with Gasteiger partial charge in [0, 0.05) is 56.9 Å². The molecule has 1 aliphatic carbocycles. The Morgan fingerprint density at radius 2 is 1.90 bits per heavy atom. The Labute approximate surface area is 188 Å². The van der Waals surface area contributed by atoms with E-state index in [-0.39, 0.29) is 24.1 Å². The van der Waals surface area contributed by atoms with Gasteiger partial charge >= 0.3 is 0 Å². The van der Waals surface area contributed by atoms with Crippen molar-refractivity contribution in [3.8, 4) is 0 Å². The molecule has 0 aromatic heterocycles. The molecule has 1 N–H and O–H groups in total. The Kier molecular flexibility index (Phi) is 7.46. The number of nitrogens with zero attached hydrogens (tertiary/aromatic N) is 3. The number of carbonyl (C=O) groups is 2. The van der Waals surface area contributed by atoms with Crippen LogP contribution in [0.3, 0.4) is 0 Å². The molecule has 8 heteroatoms. The third kappa shape index (κ3) is 5.57. The molecule has 2 saturated heterocycles. The molecule has 0 spiro atoms. The zero-order valence-electron chi connectivity index (χ0n) is 18.0. The minimum Gasteiger partial charge on any atom is -0.353 e. The van der Waals surface area contributed by atoms with Gasteiger partial charge in [0.05, 0.1) is 12.5 Å². The maximum atomic E-state index is 13.4. The molecule has 2 heterocycles. The number of amides is 2. The first-order valence-electron chi connectivity index (χ1n) is 11.5. The predicted molar refractivity (Wildman–Crippen MR) is 118 cm³/mol. The third-order valence-electron chi connectivity index (χ3n) is 6.92. The maximum absolute atomic E-state index is 13.4. The predicted octanol–water partition coefficient (Wildman–Crippen LogP) is 2.65. The van der Waals surface area contributed by atoms with Gasteiger partial charge in [-0.3, -0.25) is 19.4 Å². The van der Waals surface area contributed by atoms with Crippen molar-refractivity contribution >= 4 is 23.4 Å². The van der Waals surface area contributed by atoms with Crippen molar-refractivity contribution in [1.29, 1.82) is 0 Å². The minimum absolute atomic E-state index is 0.0329. The highest BCUT2D eigenvalue weighted by molar-refractivity contribution is 6.31. The second-order valence-electron chi connectivity index (χ2n) is 8.93. The molecule has 2 aliphatic heterocycles. The molecule has 6 nitrogen and oxygen atoms in total. The number of hydrogen-bond acceptors (Lipinski definition) is 4. The highest BCUT2D eigenvalue weighted by Gasteiger charge is 2.34. The van der Waals surface area contributed by atoms with Crippen LogP contribution in [-0.4, -0.2) is 77.9 Å². The van der Waals surface area contributed by atoms with Crippen LogP contribution in [-0.2, 0) is 16.1 Å². The van der Waals surface area contributed by atoms with E-state index in [1.165, 1.54) is 37.8 Å². The fourth-order valence-corrected chi connectivity index (χ4v) is 5.38. The number of rotatable bonds is 5. The number of piperazine rings is 1. The summed E-state index contributed by atoms with van der Waals surface area (Å²) in [5.41, 5.74) is 0.761. The Balaban J connectivity index is 1.38. The lowest BCUT2D eigenvalue weighted by Crippen LogP contribution is -2.56. The van der Waals surface area contributed by atoms with Gasteiger partial charge in [0.25, 0.3) is 0 Å². The maximum Gasteiger partial charge on any atom is 0.237 e. The smallest absolute Gasteiger partial charge is 0.237 e. The quantitative estimate of drug-likeness (QED) is 0.749. The van der Waals surface area contributed by atoms with Gasteiger partial charge in [0.1, 0.15) is 5.82 Å². The number of benzene rings is 1. The summed E-state index contributed by atoms with van der Waals surface area (Å²) >= 11 is 6.20. The minimum atomic E-state index is -0.531. The van der Waals surface area contributed by atoms with E-state index >= 15 is 0 Å². The fourth-order valence-electron chi connectivity index (χ4n) is 5.16. The van der Waals surface area contributed by atoms with Crippen molar-refractivity contribution < 1.29 is 14.0 Å².